The number of rotatable bonds is 2. The van der Waals surface area contributed by atoms with Crippen molar-refractivity contribution in [1.29, 1.82) is 0 Å². The van der Waals surface area contributed by atoms with Crippen LogP contribution in [0.3, 0.4) is 0 Å². The highest BCUT2D eigenvalue weighted by Crippen LogP contribution is 2.41. The fraction of sp³-hybridized carbons (Fsp3) is 0.333. The van der Waals surface area contributed by atoms with Crippen LogP contribution in [0, 0.1) is 12.8 Å². The summed E-state index contributed by atoms with van der Waals surface area (Å²) in [5.41, 5.74) is 1.41. The maximum atomic E-state index is 12.6. The summed E-state index contributed by atoms with van der Waals surface area (Å²) in [5, 5.41) is 0.107. The Morgan fingerprint density at radius 3 is 2.65 bits per heavy atom. The quantitative estimate of drug-likeness (QED) is 0.865. The predicted octanol–water partition coefficient (Wildman–Crippen LogP) is 2.75. The third-order valence-electron chi connectivity index (χ3n) is 3.79. The maximum Gasteiger partial charge on any atom is 0.329 e. The van der Waals surface area contributed by atoms with Gasteiger partial charge in [-0.25, -0.2) is 4.79 Å². The zero-order valence-electron chi connectivity index (χ0n) is 11.3. The molecule has 1 aromatic heterocycles. The van der Waals surface area contributed by atoms with Gasteiger partial charge in [0.2, 0.25) is 0 Å². The molecule has 0 spiro atoms. The van der Waals surface area contributed by atoms with Crippen molar-refractivity contribution in [3.05, 3.63) is 55.8 Å². The van der Waals surface area contributed by atoms with Gasteiger partial charge in [0.25, 0.3) is 5.56 Å². The van der Waals surface area contributed by atoms with Crippen LogP contribution < -0.4 is 11.2 Å². The number of aromatic nitrogens is 2. The van der Waals surface area contributed by atoms with E-state index >= 15 is 0 Å². The van der Waals surface area contributed by atoms with Gasteiger partial charge in [-0.05, 0) is 24.8 Å². The molecule has 3 rings (SSSR count). The molecule has 0 aliphatic heterocycles. The Morgan fingerprint density at radius 2 is 2.05 bits per heavy atom. The highest BCUT2D eigenvalue weighted by atomic mass is 35.5. The summed E-state index contributed by atoms with van der Waals surface area (Å²) in [6.45, 7) is 3.97. The Balaban J connectivity index is 2.26. The molecule has 104 valence electrons. The second kappa shape index (κ2) is 4.63. The SMILES string of the molecule is Cc1cccc(-c2c(Cl)[nH]c(=O)n(C3CC3C)c2=O)c1. The lowest BCUT2D eigenvalue weighted by atomic mass is 10.1. The van der Waals surface area contributed by atoms with E-state index in [4.69, 9.17) is 11.6 Å². The molecule has 1 fully saturated rings. The van der Waals surface area contributed by atoms with Gasteiger partial charge in [0.1, 0.15) is 5.15 Å². The number of aromatic amines is 1. The van der Waals surface area contributed by atoms with Crippen LogP contribution in [-0.4, -0.2) is 9.55 Å². The summed E-state index contributed by atoms with van der Waals surface area (Å²) in [6, 6.07) is 7.53. The molecule has 1 N–H and O–H groups in total. The third-order valence-corrected chi connectivity index (χ3v) is 4.08. The average Bonchev–Trinajstić information content (AvgIpc) is 3.05. The van der Waals surface area contributed by atoms with Crippen LogP contribution in [0.4, 0.5) is 0 Å². The molecule has 0 radical (unpaired) electrons. The Morgan fingerprint density at radius 1 is 1.35 bits per heavy atom. The first-order valence-corrected chi connectivity index (χ1v) is 6.98. The number of aryl methyl sites for hydroxylation is 1. The Bertz CT molecular complexity index is 791. The summed E-state index contributed by atoms with van der Waals surface area (Å²) < 4.78 is 1.30. The molecule has 0 saturated heterocycles. The molecule has 5 heteroatoms. The van der Waals surface area contributed by atoms with Gasteiger partial charge in [-0.1, -0.05) is 48.4 Å². The first-order valence-electron chi connectivity index (χ1n) is 6.60. The number of hydrogen-bond acceptors (Lipinski definition) is 2. The van der Waals surface area contributed by atoms with Gasteiger partial charge in [0.05, 0.1) is 5.56 Å². The van der Waals surface area contributed by atoms with Crippen molar-refractivity contribution in [2.45, 2.75) is 26.3 Å². The molecular formula is C15H15ClN2O2. The van der Waals surface area contributed by atoms with Crippen LogP contribution in [0.15, 0.2) is 33.9 Å². The van der Waals surface area contributed by atoms with Crippen molar-refractivity contribution in [1.82, 2.24) is 9.55 Å². The van der Waals surface area contributed by atoms with Gasteiger partial charge in [-0.2, -0.15) is 0 Å². The molecule has 2 aromatic rings. The first kappa shape index (κ1) is 13.2. The van der Waals surface area contributed by atoms with Gasteiger partial charge >= 0.3 is 5.69 Å². The lowest BCUT2D eigenvalue weighted by molar-refractivity contribution is 0.619. The molecule has 1 saturated carbocycles. The Labute approximate surface area is 121 Å². The van der Waals surface area contributed by atoms with Crippen molar-refractivity contribution in [2.75, 3.05) is 0 Å². The average molecular weight is 291 g/mol. The number of H-pyrrole nitrogens is 1. The fourth-order valence-corrected chi connectivity index (χ4v) is 2.81. The van der Waals surface area contributed by atoms with E-state index in [1.54, 1.807) is 0 Å². The molecule has 1 aliphatic carbocycles. The second-order valence-corrected chi connectivity index (χ2v) is 5.82. The van der Waals surface area contributed by atoms with E-state index in [0.717, 1.165) is 17.5 Å². The standard InChI is InChI=1S/C15H15ClN2O2/c1-8-4-3-5-10(6-8)12-13(16)17-15(20)18(14(12)19)11-7-9(11)2/h3-6,9,11H,7H2,1-2H3,(H,17,20). The molecule has 1 aliphatic rings. The molecule has 0 bridgehead atoms. The summed E-state index contributed by atoms with van der Waals surface area (Å²) in [6.07, 6.45) is 0.859. The van der Waals surface area contributed by atoms with Gasteiger partial charge < -0.3 is 0 Å². The molecule has 2 unspecified atom stereocenters. The van der Waals surface area contributed by atoms with Gasteiger partial charge in [0, 0.05) is 6.04 Å². The summed E-state index contributed by atoms with van der Waals surface area (Å²) in [7, 11) is 0. The Kier molecular flexibility index (Phi) is 3.05. The number of benzene rings is 1. The monoisotopic (exact) mass is 290 g/mol. The van der Waals surface area contributed by atoms with E-state index in [0.29, 0.717) is 11.5 Å². The number of nitrogens with zero attached hydrogens (tertiary/aromatic N) is 1. The van der Waals surface area contributed by atoms with Crippen LogP contribution >= 0.6 is 11.6 Å². The highest BCUT2D eigenvalue weighted by Gasteiger charge is 2.37. The minimum absolute atomic E-state index is 0.00734. The lowest BCUT2D eigenvalue weighted by Crippen LogP contribution is -2.36. The van der Waals surface area contributed by atoms with Crippen molar-refractivity contribution >= 4 is 11.6 Å². The molecule has 0 amide bonds. The van der Waals surface area contributed by atoms with Crippen molar-refractivity contribution in [3.63, 3.8) is 0 Å². The smallest absolute Gasteiger partial charge is 0.297 e. The predicted molar refractivity (Wildman–Crippen MR) is 79.3 cm³/mol. The van der Waals surface area contributed by atoms with Crippen LogP contribution in [0.5, 0.6) is 0 Å². The third kappa shape index (κ3) is 2.10. The van der Waals surface area contributed by atoms with E-state index in [9.17, 15) is 9.59 Å². The van der Waals surface area contributed by atoms with Gasteiger partial charge in [0.15, 0.2) is 0 Å². The maximum absolute atomic E-state index is 12.6. The van der Waals surface area contributed by atoms with Gasteiger partial charge in [-0.3, -0.25) is 14.3 Å². The fourth-order valence-electron chi connectivity index (χ4n) is 2.54. The van der Waals surface area contributed by atoms with E-state index in [-0.39, 0.29) is 16.8 Å². The van der Waals surface area contributed by atoms with Crippen molar-refractivity contribution in [3.8, 4) is 11.1 Å². The van der Waals surface area contributed by atoms with E-state index in [2.05, 4.69) is 4.98 Å². The molecule has 1 heterocycles. The normalized spacial score (nSPS) is 20.9. The summed E-state index contributed by atoms with van der Waals surface area (Å²) in [4.78, 5) is 27.2. The first-order chi connectivity index (χ1) is 9.49. The van der Waals surface area contributed by atoms with Crippen molar-refractivity contribution in [2.24, 2.45) is 5.92 Å². The highest BCUT2D eigenvalue weighted by molar-refractivity contribution is 6.32. The lowest BCUT2D eigenvalue weighted by Gasteiger charge is -2.09. The largest absolute Gasteiger partial charge is 0.329 e. The van der Waals surface area contributed by atoms with E-state index in [1.165, 1.54) is 4.57 Å². The van der Waals surface area contributed by atoms with E-state index < -0.39 is 5.69 Å². The minimum Gasteiger partial charge on any atom is -0.297 e. The molecular weight excluding hydrogens is 276 g/mol. The topological polar surface area (TPSA) is 54.9 Å². The van der Waals surface area contributed by atoms with E-state index in [1.807, 2.05) is 38.1 Å². The van der Waals surface area contributed by atoms with Crippen LogP contribution in [0.2, 0.25) is 5.15 Å². The van der Waals surface area contributed by atoms with Gasteiger partial charge in [-0.15, -0.1) is 0 Å². The zero-order chi connectivity index (χ0) is 14.4. The van der Waals surface area contributed by atoms with Crippen LogP contribution in [0.1, 0.15) is 24.9 Å². The zero-order valence-corrected chi connectivity index (χ0v) is 12.1. The Hall–Kier alpha value is -1.81. The second-order valence-electron chi connectivity index (χ2n) is 5.44. The number of nitrogens with one attached hydrogen (secondary N) is 1. The number of halogens is 1. The minimum atomic E-state index is -0.425. The van der Waals surface area contributed by atoms with Crippen molar-refractivity contribution < 1.29 is 0 Å². The molecule has 1 aromatic carbocycles. The summed E-state index contributed by atoms with van der Waals surface area (Å²) >= 11 is 6.09. The number of hydrogen-bond donors (Lipinski definition) is 1. The summed E-state index contributed by atoms with van der Waals surface area (Å²) in [5.74, 6) is 0.361. The molecule has 2 atom stereocenters. The van der Waals surface area contributed by atoms with Crippen LogP contribution in [-0.2, 0) is 0 Å². The van der Waals surface area contributed by atoms with Crippen LogP contribution in [0.25, 0.3) is 11.1 Å². The molecule has 20 heavy (non-hydrogen) atoms. The molecule has 4 nitrogen and oxygen atoms in total.